The highest BCUT2D eigenvalue weighted by molar-refractivity contribution is 9.10. The van der Waals surface area contributed by atoms with Crippen LogP contribution >= 0.6 is 27.7 Å². The summed E-state index contributed by atoms with van der Waals surface area (Å²) < 4.78 is 11.4. The lowest BCUT2D eigenvalue weighted by atomic mass is 10.2. The number of carbonyl (C=O) groups is 1. The van der Waals surface area contributed by atoms with Gasteiger partial charge in [0, 0.05) is 22.3 Å². The zero-order valence-electron chi connectivity index (χ0n) is 14.4. The molecule has 3 rings (SSSR count). The fourth-order valence-electron chi connectivity index (χ4n) is 2.24. The Labute approximate surface area is 171 Å². The maximum Gasteiger partial charge on any atom is 0.311 e. The van der Waals surface area contributed by atoms with E-state index in [2.05, 4.69) is 31.4 Å². The van der Waals surface area contributed by atoms with Gasteiger partial charge >= 0.3 is 5.69 Å². The molecule has 3 aromatic rings. The van der Waals surface area contributed by atoms with Crippen molar-refractivity contribution in [2.75, 3.05) is 18.2 Å². The van der Waals surface area contributed by atoms with E-state index >= 15 is 0 Å². The van der Waals surface area contributed by atoms with Crippen molar-refractivity contribution in [2.24, 2.45) is 0 Å². The van der Waals surface area contributed by atoms with Gasteiger partial charge in [0.15, 0.2) is 5.75 Å². The molecule has 1 N–H and O–H groups in total. The van der Waals surface area contributed by atoms with E-state index in [1.807, 2.05) is 24.3 Å². The van der Waals surface area contributed by atoms with E-state index < -0.39 is 4.92 Å². The summed E-state index contributed by atoms with van der Waals surface area (Å²) in [7, 11) is 1.32. The van der Waals surface area contributed by atoms with Gasteiger partial charge in [-0.25, -0.2) is 0 Å². The number of thioether (sulfide) groups is 1. The Bertz CT molecular complexity index is 1030. The maximum atomic E-state index is 12.1. The Morgan fingerprint density at radius 2 is 2.11 bits per heavy atom. The molecular weight excluding hydrogens is 452 g/mol. The second kappa shape index (κ2) is 8.85. The Morgan fingerprint density at radius 3 is 2.82 bits per heavy atom. The molecule has 1 amide bonds. The molecule has 2 aromatic carbocycles. The zero-order chi connectivity index (χ0) is 20.1. The number of methoxy groups -OCH3 is 1. The normalized spacial score (nSPS) is 10.5. The molecule has 1 aromatic heterocycles. The molecule has 1 heterocycles. The van der Waals surface area contributed by atoms with Crippen LogP contribution in [-0.2, 0) is 4.79 Å². The van der Waals surface area contributed by atoms with E-state index in [0.717, 1.165) is 21.8 Å². The summed E-state index contributed by atoms with van der Waals surface area (Å²) in [4.78, 5) is 22.5. The van der Waals surface area contributed by atoms with Crippen LogP contribution < -0.4 is 10.1 Å². The first-order valence-corrected chi connectivity index (χ1v) is 9.59. The minimum absolute atomic E-state index is 0.0247. The van der Waals surface area contributed by atoms with Crippen molar-refractivity contribution in [3.05, 3.63) is 57.1 Å². The Hall–Kier alpha value is -2.92. The molecule has 0 fully saturated rings. The molecular formula is C17H13BrN4O5S. The third kappa shape index (κ3) is 4.67. The molecule has 28 heavy (non-hydrogen) atoms. The van der Waals surface area contributed by atoms with Crippen LogP contribution in [0.5, 0.6) is 5.75 Å². The van der Waals surface area contributed by atoms with Gasteiger partial charge in [-0.1, -0.05) is 23.9 Å². The van der Waals surface area contributed by atoms with Gasteiger partial charge in [0.1, 0.15) is 0 Å². The first-order valence-electron chi connectivity index (χ1n) is 7.81. The maximum absolute atomic E-state index is 12.1. The Balaban J connectivity index is 1.61. The van der Waals surface area contributed by atoms with Crippen molar-refractivity contribution >= 4 is 45.0 Å². The lowest BCUT2D eigenvalue weighted by Crippen LogP contribution is -2.14. The average Bonchev–Trinajstić information content (AvgIpc) is 3.15. The number of anilines is 1. The molecule has 0 spiro atoms. The largest absolute Gasteiger partial charge is 0.490 e. The molecule has 0 atom stereocenters. The number of rotatable bonds is 7. The Kier molecular flexibility index (Phi) is 6.26. The van der Waals surface area contributed by atoms with E-state index in [1.54, 1.807) is 0 Å². The average molecular weight is 465 g/mol. The summed E-state index contributed by atoms with van der Waals surface area (Å²) in [5.74, 6) is 0.0964. The molecule has 0 saturated heterocycles. The topological polar surface area (TPSA) is 120 Å². The van der Waals surface area contributed by atoms with Gasteiger partial charge in [0.05, 0.1) is 23.3 Å². The molecule has 9 nitrogen and oxygen atoms in total. The monoisotopic (exact) mass is 464 g/mol. The van der Waals surface area contributed by atoms with Crippen LogP contribution in [0.4, 0.5) is 11.4 Å². The molecule has 0 saturated carbocycles. The molecule has 144 valence electrons. The summed E-state index contributed by atoms with van der Waals surface area (Å²) in [6.45, 7) is 0. The third-order valence-electron chi connectivity index (χ3n) is 3.50. The summed E-state index contributed by atoms with van der Waals surface area (Å²) in [6, 6.07) is 11.5. The number of aromatic nitrogens is 2. The lowest BCUT2D eigenvalue weighted by molar-refractivity contribution is -0.385. The number of amides is 1. The van der Waals surface area contributed by atoms with Crippen LogP contribution in [0.15, 0.2) is 56.6 Å². The first-order chi connectivity index (χ1) is 13.5. The van der Waals surface area contributed by atoms with E-state index in [4.69, 9.17) is 9.15 Å². The van der Waals surface area contributed by atoms with Crippen molar-refractivity contribution in [2.45, 2.75) is 5.22 Å². The number of carbonyl (C=O) groups excluding carboxylic acids is 1. The van der Waals surface area contributed by atoms with Gasteiger partial charge in [-0.15, -0.1) is 10.2 Å². The summed E-state index contributed by atoms with van der Waals surface area (Å²) in [5, 5.41) is 21.7. The molecule has 11 heteroatoms. The summed E-state index contributed by atoms with van der Waals surface area (Å²) in [6.07, 6.45) is 0. The van der Waals surface area contributed by atoms with Gasteiger partial charge in [0.2, 0.25) is 11.8 Å². The minimum atomic E-state index is -0.557. The number of hydrogen-bond acceptors (Lipinski definition) is 8. The quantitative estimate of drug-likeness (QED) is 0.314. The first kappa shape index (κ1) is 19.8. The fraction of sp³-hybridized carbons (Fsp3) is 0.118. The third-order valence-corrected chi connectivity index (χ3v) is 5.01. The molecule has 0 unspecified atom stereocenters. The van der Waals surface area contributed by atoms with Crippen LogP contribution in [0.25, 0.3) is 11.5 Å². The number of halogens is 1. The highest BCUT2D eigenvalue weighted by Crippen LogP contribution is 2.31. The number of ether oxygens (including phenoxy) is 1. The predicted octanol–water partition coefficient (Wildman–Crippen LogP) is 4.15. The van der Waals surface area contributed by atoms with Crippen LogP contribution in [0.3, 0.4) is 0 Å². The van der Waals surface area contributed by atoms with Crippen molar-refractivity contribution in [3.63, 3.8) is 0 Å². The van der Waals surface area contributed by atoms with E-state index in [9.17, 15) is 14.9 Å². The van der Waals surface area contributed by atoms with Crippen LogP contribution in [0.1, 0.15) is 0 Å². The van der Waals surface area contributed by atoms with Crippen molar-refractivity contribution in [1.29, 1.82) is 0 Å². The van der Waals surface area contributed by atoms with E-state index in [1.165, 1.54) is 25.3 Å². The van der Waals surface area contributed by atoms with Gasteiger partial charge in [0.25, 0.3) is 5.22 Å². The zero-order valence-corrected chi connectivity index (χ0v) is 16.8. The van der Waals surface area contributed by atoms with Crippen molar-refractivity contribution in [3.8, 4) is 17.2 Å². The highest BCUT2D eigenvalue weighted by Gasteiger charge is 2.16. The lowest BCUT2D eigenvalue weighted by Gasteiger charge is -2.06. The summed E-state index contributed by atoms with van der Waals surface area (Å²) in [5.41, 5.74) is 0.956. The van der Waals surface area contributed by atoms with Crippen LogP contribution in [-0.4, -0.2) is 33.9 Å². The number of nitrogens with zero attached hydrogens (tertiary/aromatic N) is 3. The number of hydrogen-bond donors (Lipinski definition) is 1. The number of nitro groups is 1. The van der Waals surface area contributed by atoms with Gasteiger partial charge in [-0.3, -0.25) is 14.9 Å². The second-order valence-electron chi connectivity index (χ2n) is 5.33. The predicted molar refractivity (Wildman–Crippen MR) is 106 cm³/mol. The molecule has 0 bridgehead atoms. The smallest absolute Gasteiger partial charge is 0.311 e. The molecule has 0 radical (unpaired) electrons. The van der Waals surface area contributed by atoms with Crippen LogP contribution in [0, 0.1) is 10.1 Å². The second-order valence-corrected chi connectivity index (χ2v) is 7.11. The van der Waals surface area contributed by atoms with E-state index in [-0.39, 0.29) is 28.3 Å². The van der Waals surface area contributed by atoms with Gasteiger partial charge < -0.3 is 14.5 Å². The molecule has 0 aliphatic heterocycles. The van der Waals surface area contributed by atoms with E-state index in [0.29, 0.717) is 11.6 Å². The van der Waals surface area contributed by atoms with Crippen molar-refractivity contribution in [1.82, 2.24) is 10.2 Å². The molecule has 0 aliphatic carbocycles. The molecule has 0 aliphatic rings. The highest BCUT2D eigenvalue weighted by atomic mass is 79.9. The van der Waals surface area contributed by atoms with Crippen LogP contribution in [0.2, 0.25) is 0 Å². The van der Waals surface area contributed by atoms with Crippen molar-refractivity contribution < 1.29 is 18.9 Å². The summed E-state index contributed by atoms with van der Waals surface area (Å²) >= 11 is 4.50. The standard InChI is InChI=1S/C17H13BrN4O5S/c1-26-14-8-10(6-7-13(14)22(24)25)19-15(23)9-28-17-21-20-16(27-17)11-4-2-3-5-12(11)18/h2-8H,9H2,1H3,(H,19,23). The SMILES string of the molecule is COc1cc(NC(=O)CSc2nnc(-c3ccccc3Br)o2)ccc1[N+](=O)[O-]. The number of nitrogens with one attached hydrogen (secondary N) is 1. The fourth-order valence-corrected chi connectivity index (χ4v) is 3.26. The minimum Gasteiger partial charge on any atom is -0.490 e. The van der Waals surface area contributed by atoms with Gasteiger partial charge in [-0.05, 0) is 34.1 Å². The number of nitro benzene ring substituents is 1. The number of benzene rings is 2. The Morgan fingerprint density at radius 1 is 1.32 bits per heavy atom. The van der Waals surface area contributed by atoms with Gasteiger partial charge in [-0.2, -0.15) is 0 Å².